The molecular weight excluding hydrogens is 364 g/mol. The molecule has 0 saturated heterocycles. The van der Waals surface area contributed by atoms with Gasteiger partial charge in [0.1, 0.15) is 11.6 Å². The van der Waals surface area contributed by atoms with Crippen molar-refractivity contribution >= 4 is 28.6 Å². The molecule has 1 aliphatic heterocycles. The smallest absolute Gasteiger partial charge is 0.338 e. The zero-order valence-electron chi connectivity index (χ0n) is 15.4. The number of rotatable bonds is 4. The van der Waals surface area contributed by atoms with Crippen LogP contribution >= 0.6 is 0 Å². The number of nitrogens with one attached hydrogen (secondary N) is 1. The molecule has 3 heterocycles. The highest BCUT2D eigenvalue weighted by Crippen LogP contribution is 2.17. The summed E-state index contributed by atoms with van der Waals surface area (Å²) < 4.78 is 11.8. The van der Waals surface area contributed by atoms with Crippen LogP contribution in [-0.4, -0.2) is 32.7 Å². The van der Waals surface area contributed by atoms with Gasteiger partial charge in [-0.1, -0.05) is 5.16 Å². The maximum Gasteiger partial charge on any atom is 0.338 e. The lowest BCUT2D eigenvalue weighted by Gasteiger charge is -2.12. The number of hydrogen-bond donors (Lipinski definition) is 1. The lowest BCUT2D eigenvalue weighted by Crippen LogP contribution is -2.30. The average molecular weight is 382 g/mol. The van der Waals surface area contributed by atoms with E-state index in [0.29, 0.717) is 23.2 Å². The topological polar surface area (TPSA) is 116 Å². The number of benzene rings is 1. The van der Waals surface area contributed by atoms with Crippen molar-refractivity contribution in [1.29, 1.82) is 0 Å². The number of aromatic nitrogens is 3. The second kappa shape index (κ2) is 6.91. The number of carbonyl (C=O) groups excluding carboxylic acids is 2. The van der Waals surface area contributed by atoms with Crippen LogP contribution in [0.15, 0.2) is 33.6 Å². The van der Waals surface area contributed by atoms with Crippen LogP contribution in [0.5, 0.6) is 0 Å². The summed E-state index contributed by atoms with van der Waals surface area (Å²) >= 11 is 0. The minimum Gasteiger partial charge on any atom is -0.449 e. The Bertz CT molecular complexity index is 1150. The van der Waals surface area contributed by atoms with E-state index >= 15 is 0 Å². The molecule has 0 unspecified atom stereocenters. The number of anilines is 1. The lowest BCUT2D eigenvalue weighted by atomic mass is 10.1. The molecule has 1 aromatic carbocycles. The summed E-state index contributed by atoms with van der Waals surface area (Å²) in [5.41, 5.74) is 0.565. The quantitative estimate of drug-likeness (QED) is 0.684. The summed E-state index contributed by atoms with van der Waals surface area (Å²) in [6.45, 7) is 3.82. The Kier molecular flexibility index (Phi) is 4.42. The largest absolute Gasteiger partial charge is 0.449 e. The summed E-state index contributed by atoms with van der Waals surface area (Å²) in [4.78, 5) is 41.6. The van der Waals surface area contributed by atoms with Crippen molar-refractivity contribution in [2.75, 3.05) is 5.32 Å². The van der Waals surface area contributed by atoms with Crippen LogP contribution in [0.2, 0.25) is 0 Å². The second-order valence-electron chi connectivity index (χ2n) is 6.68. The van der Waals surface area contributed by atoms with Gasteiger partial charge < -0.3 is 14.6 Å². The molecule has 0 radical (unpaired) electrons. The van der Waals surface area contributed by atoms with Crippen molar-refractivity contribution in [3.8, 4) is 0 Å². The third-order valence-electron chi connectivity index (χ3n) is 4.58. The van der Waals surface area contributed by atoms with Crippen LogP contribution in [-0.2, 0) is 22.5 Å². The van der Waals surface area contributed by atoms with E-state index in [-0.39, 0.29) is 16.9 Å². The molecule has 0 saturated carbocycles. The van der Waals surface area contributed by atoms with Crippen molar-refractivity contribution in [1.82, 2.24) is 14.7 Å². The molecule has 4 rings (SSSR count). The monoisotopic (exact) mass is 382 g/mol. The molecule has 28 heavy (non-hydrogen) atoms. The first kappa shape index (κ1) is 17.9. The Morgan fingerprint density at radius 2 is 2.14 bits per heavy atom. The van der Waals surface area contributed by atoms with E-state index in [4.69, 9.17) is 9.26 Å². The summed E-state index contributed by atoms with van der Waals surface area (Å²) in [5.74, 6) is 0.305. The van der Waals surface area contributed by atoms with Gasteiger partial charge in [0.25, 0.3) is 11.5 Å². The van der Waals surface area contributed by atoms with Crippen molar-refractivity contribution in [3.63, 3.8) is 0 Å². The van der Waals surface area contributed by atoms with Gasteiger partial charge >= 0.3 is 5.97 Å². The number of aryl methyl sites for hydroxylation is 2. The molecule has 1 N–H and O–H groups in total. The fraction of sp³-hybridized carbons (Fsp3) is 0.316. The highest BCUT2D eigenvalue weighted by atomic mass is 16.5. The molecule has 1 aliphatic rings. The lowest BCUT2D eigenvalue weighted by molar-refractivity contribution is -0.123. The highest BCUT2D eigenvalue weighted by molar-refractivity contribution is 5.98. The summed E-state index contributed by atoms with van der Waals surface area (Å²) in [5, 5.41) is 6.62. The number of amides is 1. The molecule has 0 bridgehead atoms. The van der Waals surface area contributed by atoms with Crippen LogP contribution in [0.3, 0.4) is 0 Å². The van der Waals surface area contributed by atoms with Gasteiger partial charge in [0.2, 0.25) is 0 Å². The molecule has 0 fully saturated rings. The van der Waals surface area contributed by atoms with Gasteiger partial charge in [-0.2, -0.15) is 0 Å². The first-order chi connectivity index (χ1) is 13.4. The second-order valence-corrected chi connectivity index (χ2v) is 6.68. The summed E-state index contributed by atoms with van der Waals surface area (Å²) in [6, 6.07) is 6.14. The molecule has 2 aromatic heterocycles. The molecule has 0 aliphatic carbocycles. The Balaban J connectivity index is 1.51. The van der Waals surface area contributed by atoms with Gasteiger partial charge in [0, 0.05) is 19.0 Å². The first-order valence-corrected chi connectivity index (χ1v) is 8.91. The molecule has 3 aromatic rings. The molecular formula is C19H18N4O5. The van der Waals surface area contributed by atoms with Gasteiger partial charge in [-0.25, -0.2) is 9.78 Å². The fourth-order valence-electron chi connectivity index (χ4n) is 3.15. The van der Waals surface area contributed by atoms with Crippen LogP contribution < -0.4 is 10.9 Å². The zero-order chi connectivity index (χ0) is 19.8. The van der Waals surface area contributed by atoms with E-state index in [1.807, 2.05) is 0 Å². The van der Waals surface area contributed by atoms with Crippen LogP contribution in [0, 0.1) is 6.92 Å². The van der Waals surface area contributed by atoms with Crippen molar-refractivity contribution in [2.24, 2.45) is 0 Å². The Morgan fingerprint density at radius 1 is 1.32 bits per heavy atom. The van der Waals surface area contributed by atoms with E-state index in [2.05, 4.69) is 15.5 Å². The third-order valence-corrected chi connectivity index (χ3v) is 4.58. The van der Waals surface area contributed by atoms with E-state index in [1.54, 1.807) is 23.6 Å². The predicted molar refractivity (Wildman–Crippen MR) is 99.1 cm³/mol. The van der Waals surface area contributed by atoms with E-state index < -0.39 is 18.0 Å². The number of fused-ring (bicyclic) bond motifs is 2. The highest BCUT2D eigenvalue weighted by Gasteiger charge is 2.21. The van der Waals surface area contributed by atoms with Crippen LogP contribution in [0.25, 0.3) is 10.9 Å². The zero-order valence-corrected chi connectivity index (χ0v) is 15.4. The van der Waals surface area contributed by atoms with Crippen LogP contribution in [0.4, 0.5) is 5.82 Å². The van der Waals surface area contributed by atoms with Gasteiger partial charge in [-0.3, -0.25) is 14.2 Å². The number of nitrogens with zero attached hydrogens (tertiary/aromatic N) is 3. The van der Waals surface area contributed by atoms with Gasteiger partial charge in [-0.15, -0.1) is 0 Å². The minimum atomic E-state index is -1.04. The standard InChI is InChI=1S/C19H18N4O5/c1-10-8-15(22-28-10)21-17(24)11(2)27-19(26)12-5-6-13-14(9-12)20-16-4-3-7-23(16)18(13)25/h5-6,8-9,11H,3-4,7H2,1-2H3,(H,21,22,24)/t11-/m1/s1. The normalized spacial score (nSPS) is 13.9. The fourth-order valence-corrected chi connectivity index (χ4v) is 3.15. The van der Waals surface area contributed by atoms with Gasteiger partial charge in [0.05, 0.1) is 16.5 Å². The molecule has 0 spiro atoms. The third kappa shape index (κ3) is 3.26. The summed E-state index contributed by atoms with van der Waals surface area (Å²) in [7, 11) is 0. The van der Waals surface area contributed by atoms with E-state index in [1.165, 1.54) is 19.1 Å². The van der Waals surface area contributed by atoms with E-state index in [0.717, 1.165) is 18.7 Å². The van der Waals surface area contributed by atoms with Crippen molar-refractivity contribution in [2.45, 2.75) is 39.3 Å². The molecule has 1 atom stereocenters. The molecule has 1 amide bonds. The van der Waals surface area contributed by atoms with Gasteiger partial charge in [0.15, 0.2) is 11.9 Å². The minimum absolute atomic E-state index is 0.104. The number of carbonyl (C=O) groups is 2. The average Bonchev–Trinajstić information content (AvgIpc) is 3.30. The maximum absolute atomic E-state index is 12.5. The van der Waals surface area contributed by atoms with Gasteiger partial charge in [-0.05, 0) is 38.5 Å². The van der Waals surface area contributed by atoms with Crippen molar-refractivity contribution < 1.29 is 18.8 Å². The van der Waals surface area contributed by atoms with Crippen molar-refractivity contribution in [3.05, 3.63) is 51.8 Å². The molecule has 9 nitrogen and oxygen atoms in total. The molecule has 144 valence electrons. The number of esters is 1. The predicted octanol–water partition coefficient (Wildman–Crippen LogP) is 1.82. The number of hydrogen-bond acceptors (Lipinski definition) is 7. The Labute approximate surface area is 159 Å². The molecule has 9 heteroatoms. The Hall–Kier alpha value is -3.49. The first-order valence-electron chi connectivity index (χ1n) is 8.91. The van der Waals surface area contributed by atoms with E-state index in [9.17, 15) is 14.4 Å². The Morgan fingerprint density at radius 3 is 2.89 bits per heavy atom. The van der Waals surface area contributed by atoms with Crippen LogP contribution in [0.1, 0.15) is 35.3 Å². The SMILES string of the molecule is Cc1cc(NC(=O)[C@@H](C)OC(=O)c2ccc3c(=O)n4c(nc3c2)CCC4)no1. The number of ether oxygens (including phenoxy) is 1. The summed E-state index contributed by atoms with van der Waals surface area (Å²) in [6.07, 6.45) is 0.572. The maximum atomic E-state index is 12.5.